The molecule has 0 aromatic rings. The van der Waals surface area contributed by atoms with Crippen LogP contribution in [0.15, 0.2) is 0 Å². The third-order valence-electron chi connectivity index (χ3n) is 2.78. The number of urea groups is 1. The van der Waals surface area contributed by atoms with Crippen molar-refractivity contribution < 1.29 is 27.3 Å². The van der Waals surface area contributed by atoms with E-state index in [0.29, 0.717) is 6.42 Å². The smallest absolute Gasteiger partial charge is 0.326 e. The van der Waals surface area contributed by atoms with Crippen LogP contribution in [-0.2, 0) is 25.4 Å². The van der Waals surface area contributed by atoms with Crippen LogP contribution in [0.2, 0.25) is 0 Å². The Balaban J connectivity index is 4.24. The summed E-state index contributed by atoms with van der Waals surface area (Å²) in [6, 6.07) is -1.96. The Morgan fingerprint density at radius 1 is 1.29 bits per heavy atom. The van der Waals surface area contributed by atoms with Gasteiger partial charge in [0.15, 0.2) is 0 Å². The Morgan fingerprint density at radius 3 is 2.29 bits per heavy atom. The normalized spacial score (nSPS) is 15.8. The van der Waals surface area contributed by atoms with Gasteiger partial charge in [-0.05, 0) is 12.8 Å². The lowest BCUT2D eigenvalue weighted by Gasteiger charge is -2.15. The maximum atomic E-state index is 11.5. The van der Waals surface area contributed by atoms with Gasteiger partial charge in [0.1, 0.15) is 15.9 Å². The zero-order valence-corrected chi connectivity index (χ0v) is 13.9. The van der Waals surface area contributed by atoms with Crippen LogP contribution in [-0.4, -0.2) is 65.8 Å². The van der Waals surface area contributed by atoms with Gasteiger partial charge in [-0.15, -0.1) is 0 Å². The van der Waals surface area contributed by atoms with Gasteiger partial charge in [0, 0.05) is 35.1 Å². The van der Waals surface area contributed by atoms with Gasteiger partial charge in [-0.3, -0.25) is 4.21 Å². The fourth-order valence-corrected chi connectivity index (χ4v) is 2.47. The van der Waals surface area contributed by atoms with E-state index in [-0.39, 0.29) is 24.0 Å². The molecule has 0 heterocycles. The van der Waals surface area contributed by atoms with Crippen LogP contribution in [0.5, 0.6) is 0 Å². The highest BCUT2D eigenvalue weighted by Crippen LogP contribution is 1.99. The number of nitrogens with one attached hydrogen (secondary N) is 2. The molecule has 21 heavy (non-hydrogen) atoms. The second-order valence-electron chi connectivity index (χ2n) is 4.81. The second kappa shape index (κ2) is 8.98. The summed E-state index contributed by atoms with van der Waals surface area (Å²) in [5.74, 6) is -1.62. The predicted molar refractivity (Wildman–Crippen MR) is 80.4 cm³/mol. The lowest BCUT2D eigenvalue weighted by atomic mass is 10.2. The number of carbonyl (C=O) groups excluding carboxylic acids is 1. The van der Waals surface area contributed by atoms with E-state index in [0.717, 1.165) is 6.26 Å². The third kappa shape index (κ3) is 10.2. The van der Waals surface area contributed by atoms with Crippen molar-refractivity contribution in [2.75, 3.05) is 24.8 Å². The first kappa shape index (κ1) is 19.8. The molecule has 0 saturated carbocycles. The minimum Gasteiger partial charge on any atom is -0.480 e. The van der Waals surface area contributed by atoms with Crippen LogP contribution in [0.3, 0.4) is 0 Å². The molecule has 0 spiro atoms. The summed E-state index contributed by atoms with van der Waals surface area (Å²) in [5, 5.41) is 13.5. The second-order valence-corrected chi connectivity index (χ2v) is 8.87. The van der Waals surface area contributed by atoms with Crippen LogP contribution >= 0.6 is 0 Å². The summed E-state index contributed by atoms with van der Waals surface area (Å²) >= 11 is 0. The van der Waals surface area contributed by atoms with Crippen molar-refractivity contribution in [2.24, 2.45) is 0 Å². The van der Waals surface area contributed by atoms with E-state index in [1.165, 1.54) is 0 Å². The van der Waals surface area contributed by atoms with E-state index >= 15 is 0 Å². The Labute approximate surface area is 127 Å². The SMILES string of the molecule is CC(CCNC(=O)NC(CCS(C)(=O)=O)C(=O)O)S(C)=O. The first-order valence-electron chi connectivity index (χ1n) is 6.30. The molecule has 0 aliphatic rings. The maximum absolute atomic E-state index is 11.5. The van der Waals surface area contributed by atoms with Gasteiger partial charge in [-0.1, -0.05) is 6.92 Å². The van der Waals surface area contributed by atoms with Gasteiger partial charge in [0.25, 0.3) is 0 Å². The van der Waals surface area contributed by atoms with Crippen molar-refractivity contribution in [1.29, 1.82) is 0 Å². The standard InChI is InChI=1S/C11H22N2O6S2/c1-8(20(2)17)4-6-12-11(16)13-9(10(14)15)5-7-21(3,18)19/h8-9H,4-7H2,1-3H3,(H,14,15)(H2,12,13,16). The van der Waals surface area contributed by atoms with Gasteiger partial charge < -0.3 is 15.7 Å². The van der Waals surface area contributed by atoms with Crippen molar-refractivity contribution in [3.8, 4) is 0 Å². The largest absolute Gasteiger partial charge is 0.480 e. The zero-order valence-electron chi connectivity index (χ0n) is 12.3. The van der Waals surface area contributed by atoms with Crippen molar-refractivity contribution >= 4 is 32.6 Å². The molecule has 3 unspecified atom stereocenters. The van der Waals surface area contributed by atoms with Crippen molar-refractivity contribution in [2.45, 2.75) is 31.1 Å². The molecule has 8 nitrogen and oxygen atoms in total. The van der Waals surface area contributed by atoms with Crippen LogP contribution in [0.1, 0.15) is 19.8 Å². The molecule has 0 bridgehead atoms. The van der Waals surface area contributed by atoms with Crippen LogP contribution in [0, 0.1) is 0 Å². The fraction of sp³-hybridized carbons (Fsp3) is 0.818. The Morgan fingerprint density at radius 2 is 1.86 bits per heavy atom. The van der Waals surface area contributed by atoms with E-state index < -0.39 is 38.7 Å². The Hall–Kier alpha value is -1.16. The molecule has 0 aromatic carbocycles. The molecule has 0 aromatic heterocycles. The Kier molecular flexibility index (Phi) is 8.48. The average molecular weight is 342 g/mol. The summed E-state index contributed by atoms with van der Waals surface area (Å²) in [6.07, 6.45) is 2.86. The highest BCUT2D eigenvalue weighted by atomic mass is 32.2. The number of rotatable bonds is 9. The number of amides is 2. The van der Waals surface area contributed by atoms with E-state index in [9.17, 15) is 22.2 Å². The summed E-state index contributed by atoms with van der Waals surface area (Å²) in [7, 11) is -4.28. The topological polar surface area (TPSA) is 130 Å². The van der Waals surface area contributed by atoms with Crippen molar-refractivity contribution in [3.63, 3.8) is 0 Å². The number of hydrogen-bond acceptors (Lipinski definition) is 5. The fourth-order valence-electron chi connectivity index (χ4n) is 1.35. The molecule has 0 aliphatic heterocycles. The summed E-state index contributed by atoms with van der Waals surface area (Å²) < 4.78 is 33.1. The van der Waals surface area contributed by atoms with E-state index in [1.54, 1.807) is 13.2 Å². The molecule has 0 saturated heterocycles. The summed E-state index contributed by atoms with van der Waals surface area (Å²) in [5.41, 5.74) is 0. The highest BCUT2D eigenvalue weighted by molar-refractivity contribution is 7.90. The molecule has 0 radical (unpaired) electrons. The monoisotopic (exact) mass is 342 g/mol. The van der Waals surface area contributed by atoms with Crippen molar-refractivity contribution in [3.05, 3.63) is 0 Å². The molecule has 0 aliphatic carbocycles. The highest BCUT2D eigenvalue weighted by Gasteiger charge is 2.21. The first-order valence-corrected chi connectivity index (χ1v) is 9.98. The number of carboxylic acid groups (broad SMARTS) is 1. The van der Waals surface area contributed by atoms with Crippen molar-refractivity contribution in [1.82, 2.24) is 10.6 Å². The average Bonchev–Trinajstić information content (AvgIpc) is 2.32. The molecule has 124 valence electrons. The number of carboxylic acids is 1. The van der Waals surface area contributed by atoms with Crippen LogP contribution < -0.4 is 10.6 Å². The van der Waals surface area contributed by atoms with Crippen LogP contribution in [0.25, 0.3) is 0 Å². The van der Waals surface area contributed by atoms with Gasteiger partial charge in [0.05, 0.1) is 5.75 Å². The molecule has 0 rings (SSSR count). The summed E-state index contributed by atoms with van der Waals surface area (Å²) in [4.78, 5) is 22.5. The number of sulfone groups is 1. The van der Waals surface area contributed by atoms with E-state index in [1.807, 2.05) is 0 Å². The number of hydrogen-bond donors (Lipinski definition) is 3. The minimum atomic E-state index is -3.30. The van der Waals surface area contributed by atoms with Gasteiger partial charge in [-0.25, -0.2) is 18.0 Å². The molecular weight excluding hydrogens is 320 g/mol. The maximum Gasteiger partial charge on any atom is 0.326 e. The molecule has 3 N–H and O–H groups in total. The quantitative estimate of drug-likeness (QED) is 0.509. The summed E-state index contributed by atoms with van der Waals surface area (Å²) in [6.45, 7) is 2.03. The third-order valence-corrected chi connectivity index (χ3v) is 5.13. The van der Waals surface area contributed by atoms with Gasteiger partial charge in [-0.2, -0.15) is 0 Å². The lowest BCUT2D eigenvalue weighted by Crippen LogP contribution is -2.47. The molecule has 0 fully saturated rings. The molecular formula is C11H22N2O6S2. The first-order chi connectivity index (χ1) is 9.53. The van der Waals surface area contributed by atoms with E-state index in [2.05, 4.69) is 10.6 Å². The predicted octanol–water partition coefficient (Wildman–Crippen LogP) is -0.669. The molecule has 2 amide bonds. The Bertz CT molecular complexity index is 491. The van der Waals surface area contributed by atoms with Gasteiger partial charge >= 0.3 is 12.0 Å². The molecule has 10 heteroatoms. The number of aliphatic carboxylic acids is 1. The van der Waals surface area contributed by atoms with Gasteiger partial charge in [0.2, 0.25) is 0 Å². The van der Waals surface area contributed by atoms with E-state index in [4.69, 9.17) is 5.11 Å². The van der Waals surface area contributed by atoms with Crippen LogP contribution in [0.4, 0.5) is 4.79 Å². The zero-order chi connectivity index (χ0) is 16.6. The molecule has 3 atom stereocenters. The number of carbonyl (C=O) groups is 2. The minimum absolute atomic E-state index is 0.0780. The lowest BCUT2D eigenvalue weighted by molar-refractivity contribution is -0.139.